The molecule has 0 N–H and O–H groups in total. The molecule has 2 unspecified atom stereocenters. The lowest BCUT2D eigenvalue weighted by molar-refractivity contribution is -0.889. The summed E-state index contributed by atoms with van der Waals surface area (Å²) in [6.07, 6.45) is 61.1. The van der Waals surface area contributed by atoms with Crippen LogP contribution in [0.2, 0.25) is 0 Å². The zero-order valence-electron chi connectivity index (χ0n) is 40.4. The van der Waals surface area contributed by atoms with E-state index in [0.29, 0.717) is 12.8 Å². The lowest BCUT2D eigenvalue weighted by Crippen LogP contribution is -2.55. The molecule has 0 rings (SSSR count). The van der Waals surface area contributed by atoms with Gasteiger partial charge in [-0.2, -0.15) is 0 Å². The van der Waals surface area contributed by atoms with E-state index in [2.05, 4.69) is 123 Å². The smallest absolute Gasteiger partial charge is 0.306 e. The number of likely N-dealkylation sites (N-methyl/N-ethyl adjacent to an activating group) is 1. The molecule has 0 saturated heterocycles. The Kier molecular flexibility index (Phi) is 41.8. The molecule has 0 aromatic rings. The molecule has 8 nitrogen and oxygen atoms in total. The predicted octanol–water partition coefficient (Wildman–Crippen LogP) is 12.7. The van der Waals surface area contributed by atoms with Crippen molar-refractivity contribution in [2.75, 3.05) is 41.0 Å². The molecule has 0 heterocycles. The topological polar surface area (TPSA) is 102 Å². The first-order chi connectivity index (χ1) is 30.6. The second-order valence-corrected chi connectivity index (χ2v) is 16.9. The molecule has 0 aromatic carbocycles. The fourth-order valence-corrected chi connectivity index (χ4v) is 6.44. The maximum atomic E-state index is 12.8. The second-order valence-electron chi connectivity index (χ2n) is 16.9. The molecule has 0 aliphatic carbocycles. The second kappa shape index (κ2) is 44.6. The number of unbranched alkanes of at least 4 members (excludes halogenated alkanes) is 10. The number of carboxylic acids is 1. The first kappa shape index (κ1) is 59.0. The fraction of sp³-hybridized carbons (Fsp3) is 0.618. The summed E-state index contributed by atoms with van der Waals surface area (Å²) in [7, 11) is 5.38. The van der Waals surface area contributed by atoms with Crippen molar-refractivity contribution in [2.45, 2.75) is 180 Å². The fourth-order valence-electron chi connectivity index (χ4n) is 6.44. The Labute approximate surface area is 385 Å². The van der Waals surface area contributed by atoms with Gasteiger partial charge < -0.3 is 28.6 Å². The number of carbonyl (C=O) groups is 3. The highest BCUT2D eigenvalue weighted by Gasteiger charge is 2.25. The number of esters is 2. The summed E-state index contributed by atoms with van der Waals surface area (Å²) < 4.78 is 17.2. The normalized spacial score (nSPS) is 13.9. The number of rotatable bonds is 42. The third-order valence-corrected chi connectivity index (χ3v) is 10.2. The number of carbonyl (C=O) groups excluding carboxylic acids is 3. The van der Waals surface area contributed by atoms with Crippen molar-refractivity contribution in [1.82, 2.24) is 0 Å². The van der Waals surface area contributed by atoms with Crippen molar-refractivity contribution < 1.29 is 38.2 Å². The molecular formula is C55H89NO7. The Hall–Kier alpha value is -4.01. The Bertz CT molecular complexity index is 1390. The van der Waals surface area contributed by atoms with E-state index >= 15 is 0 Å². The molecule has 0 fully saturated rings. The van der Waals surface area contributed by atoms with Gasteiger partial charge >= 0.3 is 11.9 Å². The molecule has 0 aliphatic heterocycles. The van der Waals surface area contributed by atoms with Gasteiger partial charge in [0.15, 0.2) is 6.10 Å². The zero-order chi connectivity index (χ0) is 46.3. The van der Waals surface area contributed by atoms with E-state index in [0.717, 1.165) is 109 Å². The molecule has 63 heavy (non-hydrogen) atoms. The third-order valence-electron chi connectivity index (χ3n) is 10.2. The van der Waals surface area contributed by atoms with Crippen LogP contribution in [0, 0.1) is 0 Å². The highest BCUT2D eigenvalue weighted by atomic mass is 16.6. The molecule has 0 amide bonds. The van der Waals surface area contributed by atoms with E-state index in [1.807, 2.05) is 0 Å². The van der Waals surface area contributed by atoms with Gasteiger partial charge in [-0.15, -0.1) is 0 Å². The summed E-state index contributed by atoms with van der Waals surface area (Å²) in [6, 6.07) is -0.741. The summed E-state index contributed by atoms with van der Waals surface area (Å²) in [5.41, 5.74) is 0. The van der Waals surface area contributed by atoms with Crippen molar-refractivity contribution in [3.63, 3.8) is 0 Å². The van der Waals surface area contributed by atoms with Crippen LogP contribution in [0.25, 0.3) is 0 Å². The molecule has 0 saturated carbocycles. The van der Waals surface area contributed by atoms with E-state index in [4.69, 9.17) is 14.2 Å². The van der Waals surface area contributed by atoms with Gasteiger partial charge in [0.2, 0.25) is 0 Å². The monoisotopic (exact) mass is 876 g/mol. The van der Waals surface area contributed by atoms with Crippen LogP contribution >= 0.6 is 0 Å². The number of nitrogens with zero attached hydrogens (tertiary/aromatic N) is 1. The number of ether oxygens (including phenoxy) is 3. The van der Waals surface area contributed by atoms with Crippen molar-refractivity contribution >= 4 is 17.9 Å². The van der Waals surface area contributed by atoms with E-state index < -0.39 is 18.1 Å². The third kappa shape index (κ3) is 43.0. The quantitative estimate of drug-likeness (QED) is 0.0260. The maximum Gasteiger partial charge on any atom is 0.306 e. The Balaban J connectivity index is 4.39. The van der Waals surface area contributed by atoms with Gasteiger partial charge in [0.25, 0.3) is 0 Å². The van der Waals surface area contributed by atoms with Crippen LogP contribution in [-0.4, -0.2) is 75.5 Å². The Morgan fingerprint density at radius 3 is 1.25 bits per heavy atom. The van der Waals surface area contributed by atoms with Gasteiger partial charge in [-0.25, -0.2) is 0 Å². The van der Waals surface area contributed by atoms with Crippen LogP contribution in [0.1, 0.15) is 168 Å². The van der Waals surface area contributed by atoms with E-state index in [-0.39, 0.29) is 49.1 Å². The zero-order valence-corrected chi connectivity index (χ0v) is 40.4. The van der Waals surface area contributed by atoms with Gasteiger partial charge in [-0.1, -0.05) is 162 Å². The molecular weight excluding hydrogens is 787 g/mol. The van der Waals surface area contributed by atoms with Gasteiger partial charge in [-0.3, -0.25) is 9.59 Å². The Morgan fingerprint density at radius 1 is 0.476 bits per heavy atom. The summed E-state index contributed by atoms with van der Waals surface area (Å²) in [6.45, 7) is 4.37. The minimum Gasteiger partial charge on any atom is -0.544 e. The first-order valence-electron chi connectivity index (χ1n) is 24.4. The maximum absolute atomic E-state index is 12.8. The number of allylic oxidation sites excluding steroid dienone is 18. The predicted molar refractivity (Wildman–Crippen MR) is 263 cm³/mol. The number of hydrogen-bond acceptors (Lipinski definition) is 7. The molecule has 2 atom stereocenters. The van der Waals surface area contributed by atoms with Gasteiger partial charge in [-0.05, 0) is 96.3 Å². The van der Waals surface area contributed by atoms with Crippen molar-refractivity contribution in [3.05, 3.63) is 109 Å². The first-order valence-corrected chi connectivity index (χ1v) is 24.4. The van der Waals surface area contributed by atoms with Crippen molar-refractivity contribution in [2.24, 2.45) is 0 Å². The van der Waals surface area contributed by atoms with Crippen LogP contribution in [0.5, 0.6) is 0 Å². The van der Waals surface area contributed by atoms with E-state index in [1.54, 1.807) is 21.1 Å². The number of carboxylic acid groups (broad SMARTS) is 1. The largest absolute Gasteiger partial charge is 0.544 e. The summed E-state index contributed by atoms with van der Waals surface area (Å²) in [5.74, 6) is -1.81. The van der Waals surface area contributed by atoms with Crippen molar-refractivity contribution in [3.8, 4) is 0 Å². The van der Waals surface area contributed by atoms with Crippen LogP contribution in [0.4, 0.5) is 0 Å². The average Bonchev–Trinajstić information content (AvgIpc) is 3.24. The van der Waals surface area contributed by atoms with Gasteiger partial charge in [0.1, 0.15) is 12.6 Å². The highest BCUT2D eigenvalue weighted by Crippen LogP contribution is 2.13. The number of quaternary nitrogens is 1. The molecule has 356 valence electrons. The average molecular weight is 876 g/mol. The Morgan fingerprint density at radius 2 is 0.841 bits per heavy atom. The molecule has 8 heteroatoms. The summed E-state index contributed by atoms with van der Waals surface area (Å²) in [5, 5.41) is 11.7. The van der Waals surface area contributed by atoms with Crippen LogP contribution in [0.15, 0.2) is 109 Å². The van der Waals surface area contributed by atoms with Gasteiger partial charge in [0, 0.05) is 19.3 Å². The molecule has 0 radical (unpaired) electrons. The number of aliphatic carboxylic acids is 1. The summed E-state index contributed by atoms with van der Waals surface area (Å²) >= 11 is 0. The molecule has 0 aliphatic rings. The van der Waals surface area contributed by atoms with E-state index in [1.165, 1.54) is 19.3 Å². The minimum atomic E-state index is -1.14. The lowest BCUT2D eigenvalue weighted by Gasteiger charge is -2.34. The van der Waals surface area contributed by atoms with Crippen LogP contribution in [-0.2, 0) is 28.6 Å². The molecule has 0 bridgehead atoms. The van der Waals surface area contributed by atoms with Gasteiger partial charge in [0.05, 0.1) is 40.3 Å². The van der Waals surface area contributed by atoms with E-state index in [9.17, 15) is 19.5 Å². The standard InChI is InChI=1S/C55H89NO7/c1-6-8-10-12-14-16-18-20-22-24-26-28-29-31-33-35-37-39-41-43-45-53(57)62-50-51(49-61-48-47-52(55(59)60)56(3,4)5)63-54(58)46-44-42-40-38-36-34-32-30-27-25-23-21-19-17-15-13-11-9-7-2/h8-11,14-17,20-23,26-28,30,34,36,51-52H,6-7,12-13,18-19,24-25,29,31-33,35,37-50H2,1-5H3/b10-8+,11-9+,16-14+,17-15+,22-20+,23-21+,28-26+,30-27+,36-34+. The van der Waals surface area contributed by atoms with Crippen molar-refractivity contribution in [1.29, 1.82) is 0 Å². The highest BCUT2D eigenvalue weighted by molar-refractivity contribution is 5.70. The summed E-state index contributed by atoms with van der Waals surface area (Å²) in [4.78, 5) is 37.0. The van der Waals surface area contributed by atoms with Crippen LogP contribution < -0.4 is 5.11 Å². The lowest BCUT2D eigenvalue weighted by atomic mass is 10.1. The minimum absolute atomic E-state index is 0.0162. The van der Waals surface area contributed by atoms with Crippen LogP contribution in [0.3, 0.4) is 0 Å². The SMILES string of the molecule is CC/C=C/C/C=C/C/C=C/C/C=C/C/C=C/CCCCCC(=O)OC(COCCC(C(=O)[O-])[N+](C)(C)C)COC(=O)CCCCCCCCC/C=C/C/C=C/C/C=C/C/C=C/CC. The number of hydrogen-bond donors (Lipinski definition) is 0. The molecule has 0 spiro atoms. The molecule has 0 aromatic heterocycles.